The standard InChI is InChI=1S/C11H15N3O2/c1-4-16-10(15)6-5-9-7-12-11(13-8-9)14(2)3/h5-8H,4H2,1-3H3/b6-5+. The van der Waals surface area contributed by atoms with Crippen LogP contribution in [0.5, 0.6) is 0 Å². The van der Waals surface area contributed by atoms with E-state index in [1.807, 2.05) is 14.1 Å². The average molecular weight is 221 g/mol. The number of nitrogens with zero attached hydrogens (tertiary/aromatic N) is 3. The normalized spacial score (nSPS) is 10.4. The summed E-state index contributed by atoms with van der Waals surface area (Å²) >= 11 is 0. The predicted octanol–water partition coefficient (Wildman–Crippen LogP) is 1.12. The van der Waals surface area contributed by atoms with Gasteiger partial charge in [-0.2, -0.15) is 0 Å². The molecule has 0 N–H and O–H groups in total. The topological polar surface area (TPSA) is 55.3 Å². The Labute approximate surface area is 94.8 Å². The molecule has 0 bridgehead atoms. The predicted molar refractivity (Wildman–Crippen MR) is 62.0 cm³/mol. The fourth-order valence-electron chi connectivity index (χ4n) is 1.00. The molecule has 0 radical (unpaired) electrons. The molecular formula is C11H15N3O2. The Morgan fingerprint density at radius 1 is 1.44 bits per heavy atom. The van der Waals surface area contributed by atoms with Crippen LogP contribution in [0, 0.1) is 0 Å². The van der Waals surface area contributed by atoms with Crippen molar-refractivity contribution >= 4 is 18.0 Å². The molecular weight excluding hydrogens is 206 g/mol. The zero-order valence-corrected chi connectivity index (χ0v) is 9.67. The van der Waals surface area contributed by atoms with Crippen LogP contribution < -0.4 is 4.90 Å². The van der Waals surface area contributed by atoms with Crippen LogP contribution in [0.3, 0.4) is 0 Å². The van der Waals surface area contributed by atoms with Gasteiger partial charge in [0.2, 0.25) is 5.95 Å². The van der Waals surface area contributed by atoms with Crippen molar-refractivity contribution in [3.8, 4) is 0 Å². The number of aromatic nitrogens is 2. The molecule has 5 heteroatoms. The van der Waals surface area contributed by atoms with Crippen LogP contribution in [0.4, 0.5) is 5.95 Å². The fourth-order valence-corrected chi connectivity index (χ4v) is 1.00. The van der Waals surface area contributed by atoms with E-state index in [2.05, 4.69) is 9.97 Å². The molecule has 86 valence electrons. The van der Waals surface area contributed by atoms with E-state index in [1.165, 1.54) is 6.08 Å². The molecule has 1 aromatic rings. The molecule has 0 saturated carbocycles. The van der Waals surface area contributed by atoms with Crippen LogP contribution in [0.15, 0.2) is 18.5 Å². The first-order valence-corrected chi connectivity index (χ1v) is 4.97. The molecule has 1 heterocycles. The quantitative estimate of drug-likeness (QED) is 0.563. The van der Waals surface area contributed by atoms with Crippen LogP contribution in [-0.2, 0) is 9.53 Å². The second-order valence-electron chi connectivity index (χ2n) is 3.30. The Morgan fingerprint density at radius 2 is 2.06 bits per heavy atom. The average Bonchev–Trinajstić information content (AvgIpc) is 2.27. The van der Waals surface area contributed by atoms with Crippen LogP contribution in [-0.4, -0.2) is 36.6 Å². The summed E-state index contributed by atoms with van der Waals surface area (Å²) in [7, 11) is 3.73. The van der Waals surface area contributed by atoms with Gasteiger partial charge < -0.3 is 9.64 Å². The summed E-state index contributed by atoms with van der Waals surface area (Å²) < 4.78 is 4.75. The molecule has 0 fully saturated rings. The van der Waals surface area contributed by atoms with Gasteiger partial charge in [-0.3, -0.25) is 0 Å². The minimum atomic E-state index is -0.362. The summed E-state index contributed by atoms with van der Waals surface area (Å²) in [5, 5.41) is 0. The van der Waals surface area contributed by atoms with Gasteiger partial charge in [0.15, 0.2) is 0 Å². The molecule has 0 amide bonds. The number of hydrogen-bond acceptors (Lipinski definition) is 5. The minimum Gasteiger partial charge on any atom is -0.463 e. The largest absolute Gasteiger partial charge is 0.463 e. The number of hydrogen-bond donors (Lipinski definition) is 0. The van der Waals surface area contributed by atoms with Gasteiger partial charge in [0, 0.05) is 38.1 Å². The van der Waals surface area contributed by atoms with Crippen molar-refractivity contribution in [2.75, 3.05) is 25.6 Å². The first kappa shape index (κ1) is 12.2. The van der Waals surface area contributed by atoms with Crippen molar-refractivity contribution in [3.63, 3.8) is 0 Å². The van der Waals surface area contributed by atoms with Crippen molar-refractivity contribution < 1.29 is 9.53 Å². The van der Waals surface area contributed by atoms with Gasteiger partial charge in [-0.25, -0.2) is 14.8 Å². The van der Waals surface area contributed by atoms with E-state index in [9.17, 15) is 4.79 Å². The molecule has 16 heavy (non-hydrogen) atoms. The van der Waals surface area contributed by atoms with Crippen LogP contribution >= 0.6 is 0 Å². The minimum absolute atomic E-state index is 0.362. The maximum absolute atomic E-state index is 11.0. The molecule has 0 aliphatic carbocycles. The number of esters is 1. The number of carbonyl (C=O) groups is 1. The highest BCUT2D eigenvalue weighted by atomic mass is 16.5. The van der Waals surface area contributed by atoms with Gasteiger partial charge in [-0.05, 0) is 13.0 Å². The molecule has 0 atom stereocenters. The van der Waals surface area contributed by atoms with E-state index in [0.29, 0.717) is 12.6 Å². The van der Waals surface area contributed by atoms with Crippen LogP contribution in [0.1, 0.15) is 12.5 Å². The van der Waals surface area contributed by atoms with E-state index < -0.39 is 0 Å². The summed E-state index contributed by atoms with van der Waals surface area (Å²) in [6.45, 7) is 2.14. The third-order valence-corrected chi connectivity index (χ3v) is 1.76. The van der Waals surface area contributed by atoms with Crippen molar-refractivity contribution in [2.24, 2.45) is 0 Å². The molecule has 0 aromatic carbocycles. The van der Waals surface area contributed by atoms with Crippen molar-refractivity contribution in [2.45, 2.75) is 6.92 Å². The van der Waals surface area contributed by atoms with E-state index in [4.69, 9.17) is 4.74 Å². The first-order valence-electron chi connectivity index (χ1n) is 4.97. The highest BCUT2D eigenvalue weighted by molar-refractivity contribution is 5.86. The van der Waals surface area contributed by atoms with Crippen LogP contribution in [0.25, 0.3) is 6.08 Å². The smallest absolute Gasteiger partial charge is 0.330 e. The summed E-state index contributed by atoms with van der Waals surface area (Å²) in [6.07, 6.45) is 6.28. The zero-order chi connectivity index (χ0) is 12.0. The number of carbonyl (C=O) groups excluding carboxylic acids is 1. The first-order chi connectivity index (χ1) is 7.63. The van der Waals surface area contributed by atoms with Gasteiger partial charge in [-0.15, -0.1) is 0 Å². The van der Waals surface area contributed by atoms with Gasteiger partial charge in [0.25, 0.3) is 0 Å². The van der Waals surface area contributed by atoms with Crippen molar-refractivity contribution in [1.82, 2.24) is 9.97 Å². The number of anilines is 1. The van der Waals surface area contributed by atoms with E-state index in [0.717, 1.165) is 5.56 Å². The van der Waals surface area contributed by atoms with Crippen molar-refractivity contribution in [1.29, 1.82) is 0 Å². The summed E-state index contributed by atoms with van der Waals surface area (Å²) in [5.41, 5.74) is 0.763. The van der Waals surface area contributed by atoms with Gasteiger partial charge >= 0.3 is 5.97 Å². The molecule has 1 rings (SSSR count). The summed E-state index contributed by atoms with van der Waals surface area (Å²) in [6, 6.07) is 0. The molecule has 0 unspecified atom stereocenters. The van der Waals surface area contributed by atoms with Gasteiger partial charge in [0.05, 0.1) is 6.61 Å². The Morgan fingerprint density at radius 3 is 2.56 bits per heavy atom. The monoisotopic (exact) mass is 221 g/mol. The summed E-state index contributed by atoms with van der Waals surface area (Å²) in [5.74, 6) is 0.271. The highest BCUT2D eigenvalue weighted by Crippen LogP contribution is 2.04. The molecule has 1 aromatic heterocycles. The zero-order valence-electron chi connectivity index (χ0n) is 9.67. The maximum atomic E-state index is 11.0. The van der Waals surface area contributed by atoms with Crippen LogP contribution in [0.2, 0.25) is 0 Å². The molecule has 0 spiro atoms. The lowest BCUT2D eigenvalue weighted by Crippen LogP contribution is -2.12. The molecule has 5 nitrogen and oxygen atoms in total. The SMILES string of the molecule is CCOC(=O)/C=C/c1cnc(N(C)C)nc1. The third kappa shape index (κ3) is 3.68. The molecule has 0 saturated heterocycles. The number of ether oxygens (including phenoxy) is 1. The van der Waals surface area contributed by atoms with E-state index in [1.54, 1.807) is 30.3 Å². The Balaban J connectivity index is 2.65. The summed E-state index contributed by atoms with van der Waals surface area (Å²) in [4.78, 5) is 21.1. The van der Waals surface area contributed by atoms with E-state index >= 15 is 0 Å². The third-order valence-electron chi connectivity index (χ3n) is 1.76. The van der Waals surface area contributed by atoms with Crippen molar-refractivity contribution in [3.05, 3.63) is 24.0 Å². The molecule has 0 aliphatic heterocycles. The van der Waals surface area contributed by atoms with Gasteiger partial charge in [0.1, 0.15) is 0 Å². The fraction of sp³-hybridized carbons (Fsp3) is 0.364. The van der Waals surface area contributed by atoms with Gasteiger partial charge in [-0.1, -0.05) is 0 Å². The second kappa shape index (κ2) is 5.85. The Hall–Kier alpha value is -1.91. The lowest BCUT2D eigenvalue weighted by atomic mass is 10.3. The second-order valence-corrected chi connectivity index (χ2v) is 3.30. The lowest BCUT2D eigenvalue weighted by Gasteiger charge is -2.08. The molecule has 0 aliphatic rings. The number of rotatable bonds is 4. The maximum Gasteiger partial charge on any atom is 0.330 e. The Bertz CT molecular complexity index is 371. The Kier molecular flexibility index (Phi) is 4.44. The van der Waals surface area contributed by atoms with E-state index in [-0.39, 0.29) is 5.97 Å². The lowest BCUT2D eigenvalue weighted by molar-refractivity contribution is -0.137. The highest BCUT2D eigenvalue weighted by Gasteiger charge is 1.98.